The highest BCUT2D eigenvalue weighted by Crippen LogP contribution is 2.17. The number of carbonyl (C=O) groups excluding carboxylic acids is 1. The second-order valence-electron chi connectivity index (χ2n) is 5.80. The first kappa shape index (κ1) is 16.8. The summed E-state index contributed by atoms with van der Waals surface area (Å²) < 4.78 is 5.80. The van der Waals surface area contributed by atoms with Crippen LogP contribution in [0.3, 0.4) is 0 Å². The maximum atomic E-state index is 12.5. The Balaban J connectivity index is 1.57. The smallest absolute Gasteiger partial charge is 0.254 e. The largest absolute Gasteiger partial charge is 0.493 e. The number of hydrogen-bond acceptors (Lipinski definition) is 3. The molecule has 1 saturated heterocycles. The van der Waals surface area contributed by atoms with E-state index >= 15 is 0 Å². The molecule has 0 saturated carbocycles. The maximum Gasteiger partial charge on any atom is 0.254 e. The molecule has 0 spiro atoms. The molecular weight excluding hydrogens is 324 g/mol. The van der Waals surface area contributed by atoms with Gasteiger partial charge in [-0.05, 0) is 35.9 Å². The minimum atomic E-state index is 0.0665. The number of carbonyl (C=O) groups is 1. The molecule has 1 heterocycles. The number of hydrogen-bond donors (Lipinski definition) is 1. The Morgan fingerprint density at radius 3 is 2.71 bits per heavy atom. The predicted molar refractivity (Wildman–Crippen MR) is 95.9 cm³/mol. The van der Waals surface area contributed by atoms with Gasteiger partial charge >= 0.3 is 0 Å². The van der Waals surface area contributed by atoms with Crippen LogP contribution in [0.4, 0.5) is 0 Å². The van der Waals surface area contributed by atoms with Gasteiger partial charge < -0.3 is 15.0 Å². The lowest BCUT2D eigenvalue weighted by atomic mass is 10.1. The van der Waals surface area contributed by atoms with Crippen molar-refractivity contribution < 1.29 is 9.53 Å². The van der Waals surface area contributed by atoms with E-state index in [1.54, 1.807) is 0 Å². The van der Waals surface area contributed by atoms with Crippen LogP contribution in [0.1, 0.15) is 15.9 Å². The normalized spacial score (nSPS) is 14.5. The average Bonchev–Trinajstić information content (AvgIpc) is 2.62. The number of benzene rings is 2. The van der Waals surface area contributed by atoms with Gasteiger partial charge in [0.1, 0.15) is 5.75 Å². The number of nitrogens with zero attached hydrogens (tertiary/aromatic N) is 1. The fourth-order valence-electron chi connectivity index (χ4n) is 2.75. The van der Waals surface area contributed by atoms with Gasteiger partial charge in [0.25, 0.3) is 5.91 Å². The van der Waals surface area contributed by atoms with Crippen molar-refractivity contribution in [2.45, 2.75) is 6.42 Å². The Bertz CT molecular complexity index is 699. The number of rotatable bonds is 5. The molecule has 1 N–H and O–H groups in total. The molecule has 2 aromatic carbocycles. The SMILES string of the molecule is O=C(c1cccc(OCCc2cccc(Cl)c2)c1)N1CCNCC1. The molecular formula is C19H21ClN2O2. The molecule has 1 aliphatic heterocycles. The fraction of sp³-hybridized carbons (Fsp3) is 0.316. The third kappa shape index (κ3) is 4.49. The number of ether oxygens (including phenoxy) is 1. The minimum Gasteiger partial charge on any atom is -0.493 e. The van der Waals surface area contributed by atoms with Gasteiger partial charge in [0, 0.05) is 43.2 Å². The summed E-state index contributed by atoms with van der Waals surface area (Å²) in [5, 5.41) is 3.98. The Labute approximate surface area is 147 Å². The van der Waals surface area contributed by atoms with Crippen molar-refractivity contribution in [3.63, 3.8) is 0 Å². The van der Waals surface area contributed by atoms with Crippen molar-refractivity contribution in [1.29, 1.82) is 0 Å². The molecule has 4 nitrogen and oxygen atoms in total. The van der Waals surface area contributed by atoms with Gasteiger partial charge in [-0.25, -0.2) is 0 Å². The first-order valence-corrected chi connectivity index (χ1v) is 8.57. The predicted octanol–water partition coefficient (Wildman–Crippen LogP) is 3.01. The fourth-order valence-corrected chi connectivity index (χ4v) is 2.96. The molecule has 5 heteroatoms. The average molecular weight is 345 g/mol. The molecule has 0 unspecified atom stereocenters. The quantitative estimate of drug-likeness (QED) is 0.906. The summed E-state index contributed by atoms with van der Waals surface area (Å²) in [4.78, 5) is 14.4. The van der Waals surface area contributed by atoms with Crippen molar-refractivity contribution in [1.82, 2.24) is 10.2 Å². The zero-order valence-electron chi connectivity index (χ0n) is 13.5. The molecule has 0 aliphatic carbocycles. The monoisotopic (exact) mass is 344 g/mol. The molecule has 0 radical (unpaired) electrons. The summed E-state index contributed by atoms with van der Waals surface area (Å²) in [6.45, 7) is 3.74. The highest BCUT2D eigenvalue weighted by Gasteiger charge is 2.18. The number of halogens is 1. The summed E-state index contributed by atoms with van der Waals surface area (Å²) in [6, 6.07) is 15.2. The van der Waals surface area contributed by atoms with Gasteiger partial charge in [0.15, 0.2) is 0 Å². The molecule has 2 aromatic rings. The summed E-state index contributed by atoms with van der Waals surface area (Å²) in [6.07, 6.45) is 0.774. The zero-order chi connectivity index (χ0) is 16.8. The van der Waals surface area contributed by atoms with E-state index in [0.717, 1.165) is 48.9 Å². The Hall–Kier alpha value is -2.04. The van der Waals surface area contributed by atoms with Crippen LogP contribution in [-0.4, -0.2) is 43.6 Å². The number of nitrogens with one attached hydrogen (secondary N) is 1. The highest BCUT2D eigenvalue weighted by atomic mass is 35.5. The molecule has 1 aliphatic rings. The van der Waals surface area contributed by atoms with Crippen molar-refractivity contribution in [2.24, 2.45) is 0 Å². The Morgan fingerprint density at radius 2 is 1.92 bits per heavy atom. The van der Waals surface area contributed by atoms with Gasteiger partial charge in [0.05, 0.1) is 6.61 Å². The summed E-state index contributed by atoms with van der Waals surface area (Å²) in [5.74, 6) is 0.787. The molecule has 126 valence electrons. The first-order chi connectivity index (χ1) is 11.7. The molecule has 0 bridgehead atoms. The molecule has 24 heavy (non-hydrogen) atoms. The first-order valence-electron chi connectivity index (χ1n) is 8.20. The van der Waals surface area contributed by atoms with Crippen LogP contribution in [0.5, 0.6) is 5.75 Å². The van der Waals surface area contributed by atoms with E-state index < -0.39 is 0 Å². The third-order valence-corrected chi connectivity index (χ3v) is 4.27. The molecule has 1 amide bonds. The van der Waals surface area contributed by atoms with Gasteiger partial charge in [0.2, 0.25) is 0 Å². The summed E-state index contributed by atoms with van der Waals surface area (Å²) in [5.41, 5.74) is 1.81. The minimum absolute atomic E-state index is 0.0665. The van der Waals surface area contributed by atoms with E-state index in [2.05, 4.69) is 5.32 Å². The van der Waals surface area contributed by atoms with Crippen molar-refractivity contribution in [2.75, 3.05) is 32.8 Å². The van der Waals surface area contributed by atoms with Crippen LogP contribution in [-0.2, 0) is 6.42 Å². The zero-order valence-corrected chi connectivity index (χ0v) is 14.3. The maximum absolute atomic E-state index is 12.5. The topological polar surface area (TPSA) is 41.6 Å². The van der Waals surface area contributed by atoms with E-state index in [1.807, 2.05) is 53.4 Å². The van der Waals surface area contributed by atoms with E-state index in [-0.39, 0.29) is 5.91 Å². The van der Waals surface area contributed by atoms with Crippen LogP contribution in [0, 0.1) is 0 Å². The van der Waals surface area contributed by atoms with E-state index in [4.69, 9.17) is 16.3 Å². The second-order valence-corrected chi connectivity index (χ2v) is 6.23. The van der Waals surface area contributed by atoms with Crippen LogP contribution < -0.4 is 10.1 Å². The summed E-state index contributed by atoms with van der Waals surface area (Å²) >= 11 is 5.98. The van der Waals surface area contributed by atoms with Crippen molar-refractivity contribution in [3.8, 4) is 5.75 Å². The van der Waals surface area contributed by atoms with E-state index in [0.29, 0.717) is 12.2 Å². The standard InChI is InChI=1S/C19H21ClN2O2/c20-17-5-1-3-15(13-17)7-12-24-18-6-2-4-16(14-18)19(23)22-10-8-21-9-11-22/h1-6,13-14,21H,7-12H2. The van der Waals surface area contributed by atoms with E-state index in [1.165, 1.54) is 0 Å². The Morgan fingerprint density at radius 1 is 1.12 bits per heavy atom. The Kier molecular flexibility index (Phi) is 5.72. The molecule has 3 rings (SSSR count). The van der Waals surface area contributed by atoms with Gasteiger partial charge in [-0.3, -0.25) is 4.79 Å². The molecule has 0 aromatic heterocycles. The van der Waals surface area contributed by atoms with Crippen molar-refractivity contribution in [3.05, 3.63) is 64.7 Å². The lowest BCUT2D eigenvalue weighted by molar-refractivity contribution is 0.0735. The number of piperazine rings is 1. The lowest BCUT2D eigenvalue weighted by Gasteiger charge is -2.27. The third-order valence-electron chi connectivity index (χ3n) is 4.03. The van der Waals surface area contributed by atoms with Crippen LogP contribution in [0.2, 0.25) is 5.02 Å². The van der Waals surface area contributed by atoms with Gasteiger partial charge in [-0.1, -0.05) is 29.8 Å². The highest BCUT2D eigenvalue weighted by molar-refractivity contribution is 6.30. The van der Waals surface area contributed by atoms with Gasteiger partial charge in [-0.2, -0.15) is 0 Å². The van der Waals surface area contributed by atoms with Crippen LogP contribution in [0.15, 0.2) is 48.5 Å². The molecule has 0 atom stereocenters. The molecule has 1 fully saturated rings. The second kappa shape index (κ2) is 8.18. The number of amides is 1. The summed E-state index contributed by atoms with van der Waals surface area (Å²) in [7, 11) is 0. The van der Waals surface area contributed by atoms with Crippen LogP contribution >= 0.6 is 11.6 Å². The van der Waals surface area contributed by atoms with Gasteiger partial charge in [-0.15, -0.1) is 0 Å². The lowest BCUT2D eigenvalue weighted by Crippen LogP contribution is -2.46. The van der Waals surface area contributed by atoms with Crippen LogP contribution in [0.25, 0.3) is 0 Å². The van der Waals surface area contributed by atoms with Crippen molar-refractivity contribution >= 4 is 17.5 Å². The van der Waals surface area contributed by atoms with E-state index in [9.17, 15) is 4.79 Å².